The van der Waals surface area contributed by atoms with Gasteiger partial charge in [0.25, 0.3) is 0 Å². The van der Waals surface area contributed by atoms with Crippen LogP contribution in [0, 0.1) is 23.2 Å². The van der Waals surface area contributed by atoms with Crippen LogP contribution < -0.4 is 0 Å². The molecule has 2 aliphatic rings. The van der Waals surface area contributed by atoms with Gasteiger partial charge in [-0.3, -0.25) is 4.79 Å². The smallest absolute Gasteiger partial charge is 0.311 e. The van der Waals surface area contributed by atoms with Crippen molar-refractivity contribution < 1.29 is 19.4 Å². The summed E-state index contributed by atoms with van der Waals surface area (Å²) < 4.78 is 5.77. The van der Waals surface area contributed by atoms with Crippen molar-refractivity contribution in [1.82, 2.24) is 0 Å². The van der Waals surface area contributed by atoms with E-state index in [1.54, 1.807) is 6.08 Å². The largest absolute Gasteiger partial charge is 0.462 e. The molecule has 2 rings (SSSR count). The summed E-state index contributed by atoms with van der Waals surface area (Å²) in [5, 5.41) is 11.6. The fourth-order valence-corrected chi connectivity index (χ4v) is 3.79. The molecule has 0 amide bonds. The van der Waals surface area contributed by atoms with Crippen molar-refractivity contribution in [2.45, 2.75) is 65.1 Å². The third kappa shape index (κ3) is 3.63. The number of carbonyl (C=O) groups excluding carboxylic acids is 2. The van der Waals surface area contributed by atoms with Crippen molar-refractivity contribution in [3.05, 3.63) is 11.1 Å². The maximum Gasteiger partial charge on any atom is 0.311 e. The van der Waals surface area contributed by atoms with Crippen LogP contribution in [-0.4, -0.2) is 29.1 Å². The van der Waals surface area contributed by atoms with E-state index in [0.29, 0.717) is 30.7 Å². The zero-order valence-corrected chi connectivity index (χ0v) is 15.1. The number of hydrogen-bond donors (Lipinski definition) is 1. The van der Waals surface area contributed by atoms with Gasteiger partial charge in [-0.2, -0.15) is 0 Å². The average molecular weight is 343 g/mol. The first kappa shape index (κ1) is 18.5. The summed E-state index contributed by atoms with van der Waals surface area (Å²) in [5.74, 6) is -0.692. The first-order chi connectivity index (χ1) is 10.6. The van der Waals surface area contributed by atoms with Gasteiger partial charge in [-0.1, -0.05) is 25.4 Å². The molecule has 0 bridgehead atoms. The summed E-state index contributed by atoms with van der Waals surface area (Å²) >= 11 is 6.22. The van der Waals surface area contributed by atoms with Gasteiger partial charge >= 0.3 is 5.97 Å². The maximum absolute atomic E-state index is 12.5. The molecule has 0 aromatic carbocycles. The highest BCUT2D eigenvalue weighted by atomic mass is 35.5. The Balaban J connectivity index is 2.28. The molecule has 0 radical (unpaired) electrons. The third-order valence-electron chi connectivity index (χ3n) is 5.57. The summed E-state index contributed by atoms with van der Waals surface area (Å²) in [7, 11) is 0. The second-order valence-electron chi connectivity index (χ2n) is 7.78. The summed E-state index contributed by atoms with van der Waals surface area (Å²) in [6.45, 7) is 7.64. The van der Waals surface area contributed by atoms with Gasteiger partial charge in [0.15, 0.2) is 0 Å². The lowest BCUT2D eigenvalue weighted by Crippen LogP contribution is -2.54. The van der Waals surface area contributed by atoms with Crippen LogP contribution in [0.4, 0.5) is 0 Å². The minimum Gasteiger partial charge on any atom is -0.462 e. The van der Waals surface area contributed by atoms with Gasteiger partial charge in [0.05, 0.1) is 11.0 Å². The number of carbonyl (C=O) groups is 2. The third-order valence-corrected chi connectivity index (χ3v) is 6.05. The van der Waals surface area contributed by atoms with E-state index < -0.39 is 17.1 Å². The van der Waals surface area contributed by atoms with Crippen LogP contribution in [0.15, 0.2) is 11.1 Å². The highest BCUT2D eigenvalue weighted by molar-refractivity contribution is 6.30. The van der Waals surface area contributed by atoms with Crippen LogP contribution in [0.3, 0.4) is 0 Å². The maximum atomic E-state index is 12.5. The first-order valence-electron chi connectivity index (χ1n) is 8.40. The number of aldehydes is 1. The van der Waals surface area contributed by atoms with Crippen molar-refractivity contribution in [1.29, 1.82) is 0 Å². The Bertz CT molecular complexity index is 513. The van der Waals surface area contributed by atoms with Gasteiger partial charge in [-0.05, 0) is 51.5 Å². The highest BCUT2D eigenvalue weighted by Crippen LogP contribution is 2.48. The van der Waals surface area contributed by atoms with E-state index in [0.717, 1.165) is 6.29 Å². The van der Waals surface area contributed by atoms with Crippen LogP contribution in [0.2, 0.25) is 0 Å². The van der Waals surface area contributed by atoms with E-state index in [9.17, 15) is 14.7 Å². The highest BCUT2D eigenvalue weighted by Gasteiger charge is 2.51. The Labute approximate surface area is 143 Å². The molecule has 130 valence electrons. The SMILES string of the molecule is CCC(C)(C)C(=O)O[C@H]1C[C@H](C=O)C[C@@]2(O)C=C(Cl)[C@@H](C)C[C@@H]12. The van der Waals surface area contributed by atoms with Gasteiger partial charge in [0.1, 0.15) is 12.4 Å². The number of fused-ring (bicyclic) bond motifs is 1. The Kier molecular flexibility index (Phi) is 5.27. The Hall–Kier alpha value is -0.870. The molecule has 1 saturated carbocycles. The molecular formula is C18H27ClO4. The normalized spacial score (nSPS) is 37.6. The number of aliphatic hydroxyl groups is 1. The lowest BCUT2D eigenvalue weighted by atomic mass is 9.64. The van der Waals surface area contributed by atoms with Crippen LogP contribution >= 0.6 is 11.6 Å². The number of allylic oxidation sites excluding steroid dienone is 1. The van der Waals surface area contributed by atoms with Gasteiger partial charge < -0.3 is 14.6 Å². The van der Waals surface area contributed by atoms with Crippen LogP contribution in [-0.2, 0) is 14.3 Å². The molecule has 5 heteroatoms. The molecule has 0 aliphatic heterocycles. The van der Waals surface area contributed by atoms with Crippen molar-refractivity contribution in [2.75, 3.05) is 0 Å². The minimum absolute atomic E-state index is 0.120. The van der Waals surface area contributed by atoms with E-state index in [1.165, 1.54) is 0 Å². The summed E-state index contributed by atoms with van der Waals surface area (Å²) in [5.41, 5.74) is -1.74. The molecule has 23 heavy (non-hydrogen) atoms. The average Bonchev–Trinajstić information content (AvgIpc) is 2.48. The number of ether oxygens (including phenoxy) is 1. The van der Waals surface area contributed by atoms with Gasteiger partial charge in [-0.15, -0.1) is 0 Å². The van der Waals surface area contributed by atoms with Crippen LogP contribution in [0.5, 0.6) is 0 Å². The number of halogens is 1. The molecule has 5 atom stereocenters. The van der Waals surface area contributed by atoms with Gasteiger partial charge in [0, 0.05) is 16.9 Å². The summed E-state index contributed by atoms with van der Waals surface area (Å²) in [4.78, 5) is 23.8. The van der Waals surface area contributed by atoms with Gasteiger partial charge in [-0.25, -0.2) is 0 Å². The second kappa shape index (κ2) is 6.56. The minimum atomic E-state index is -1.17. The molecule has 4 nitrogen and oxygen atoms in total. The zero-order valence-electron chi connectivity index (χ0n) is 14.3. The molecule has 0 aromatic rings. The van der Waals surface area contributed by atoms with Crippen molar-refractivity contribution >= 4 is 23.9 Å². The molecule has 2 aliphatic carbocycles. The fourth-order valence-electron chi connectivity index (χ4n) is 3.51. The predicted octanol–water partition coefficient (Wildman–Crippen LogP) is 3.45. The van der Waals surface area contributed by atoms with Crippen molar-refractivity contribution in [3.63, 3.8) is 0 Å². The fraction of sp³-hybridized carbons (Fsp3) is 0.778. The summed E-state index contributed by atoms with van der Waals surface area (Å²) in [6, 6.07) is 0. The van der Waals surface area contributed by atoms with Crippen molar-refractivity contribution in [3.8, 4) is 0 Å². The number of hydrogen-bond acceptors (Lipinski definition) is 4. The zero-order chi connectivity index (χ0) is 17.4. The van der Waals surface area contributed by atoms with Gasteiger partial charge in [0.2, 0.25) is 0 Å². The van der Waals surface area contributed by atoms with Crippen LogP contribution in [0.1, 0.15) is 53.4 Å². The number of rotatable bonds is 4. The predicted molar refractivity (Wildman–Crippen MR) is 88.9 cm³/mol. The van der Waals surface area contributed by atoms with E-state index in [-0.39, 0.29) is 23.7 Å². The molecule has 1 N–H and O–H groups in total. The van der Waals surface area contributed by atoms with E-state index >= 15 is 0 Å². The second-order valence-corrected chi connectivity index (χ2v) is 8.22. The number of esters is 1. The van der Waals surface area contributed by atoms with E-state index in [2.05, 4.69) is 0 Å². The van der Waals surface area contributed by atoms with Crippen LogP contribution in [0.25, 0.3) is 0 Å². The quantitative estimate of drug-likeness (QED) is 0.627. The van der Waals surface area contributed by atoms with E-state index in [4.69, 9.17) is 16.3 Å². The molecule has 0 unspecified atom stereocenters. The lowest BCUT2D eigenvalue weighted by molar-refractivity contribution is -0.177. The standard InChI is InChI=1S/C18H27ClO4/c1-5-17(3,4)16(21)23-15-7-12(10-20)8-18(22)9-14(19)11(2)6-13(15)18/h9-13,15,22H,5-8H2,1-4H3/t11-,12-,13-,15-,18+/m0/s1. The molecule has 0 aromatic heterocycles. The monoisotopic (exact) mass is 342 g/mol. The van der Waals surface area contributed by atoms with Crippen molar-refractivity contribution in [2.24, 2.45) is 23.2 Å². The Morgan fingerprint density at radius 2 is 2.17 bits per heavy atom. The molecule has 0 heterocycles. The topological polar surface area (TPSA) is 63.6 Å². The molecule has 0 saturated heterocycles. The van der Waals surface area contributed by atoms with E-state index in [1.807, 2.05) is 27.7 Å². The molecule has 0 spiro atoms. The first-order valence-corrected chi connectivity index (χ1v) is 8.77. The Morgan fingerprint density at radius 3 is 2.74 bits per heavy atom. The Morgan fingerprint density at radius 1 is 1.52 bits per heavy atom. The molecular weight excluding hydrogens is 316 g/mol. The summed E-state index contributed by atoms with van der Waals surface area (Å²) in [6.07, 6.45) is 4.20. The lowest BCUT2D eigenvalue weighted by Gasteiger charge is -2.48. The molecule has 1 fully saturated rings.